The number of hydrogen-bond acceptors (Lipinski definition) is 10. The molecule has 0 fully saturated rings. The molecule has 0 aliphatic carbocycles. The smallest absolute Gasteiger partial charge is 0.197 e. The molecule has 1 unspecified atom stereocenters. The summed E-state index contributed by atoms with van der Waals surface area (Å²) in [4.78, 5) is 26.0. The Hall–Kier alpha value is -4.96. The lowest BCUT2D eigenvalue weighted by Gasteiger charge is -2.15. The second-order valence-corrected chi connectivity index (χ2v) is 9.72. The van der Waals surface area contributed by atoms with Crippen molar-refractivity contribution >= 4 is 21.9 Å². The number of fused-ring (bicyclic) bond motifs is 2. The second-order valence-electron chi connectivity index (χ2n) is 9.72. The molecular weight excluding hydrogens is 532 g/mol. The summed E-state index contributed by atoms with van der Waals surface area (Å²) >= 11 is 0. The van der Waals surface area contributed by atoms with Crippen LogP contribution in [0.25, 0.3) is 44.4 Å². The number of aromatic hydroxyl groups is 3. The fraction of sp³-hybridized carbons (Fsp3) is 0.226. The maximum atomic E-state index is 13.0. The van der Waals surface area contributed by atoms with Gasteiger partial charge < -0.3 is 38.7 Å². The lowest BCUT2D eigenvalue weighted by molar-refractivity contribution is 0.181. The first kappa shape index (κ1) is 27.6. The van der Waals surface area contributed by atoms with Gasteiger partial charge in [0.1, 0.15) is 56.6 Å². The van der Waals surface area contributed by atoms with Gasteiger partial charge in [-0.1, -0.05) is 0 Å². The predicted molar refractivity (Wildman–Crippen MR) is 152 cm³/mol. The summed E-state index contributed by atoms with van der Waals surface area (Å²) < 4.78 is 22.8. The Morgan fingerprint density at radius 3 is 2.27 bits per heavy atom. The highest BCUT2D eigenvalue weighted by Gasteiger charge is 2.23. The average molecular weight is 561 g/mol. The number of rotatable bonds is 8. The van der Waals surface area contributed by atoms with E-state index in [1.165, 1.54) is 38.5 Å². The second kappa shape index (κ2) is 10.9. The molecule has 10 nitrogen and oxygen atoms in total. The molecule has 0 radical (unpaired) electrons. The van der Waals surface area contributed by atoms with Crippen LogP contribution in [0.15, 0.2) is 67.0 Å². The van der Waals surface area contributed by atoms with Crippen LogP contribution in [0.5, 0.6) is 28.7 Å². The maximum absolute atomic E-state index is 13.0. The summed E-state index contributed by atoms with van der Waals surface area (Å²) in [7, 11) is 2.85. The van der Waals surface area contributed by atoms with E-state index in [2.05, 4.69) is 0 Å². The van der Waals surface area contributed by atoms with Gasteiger partial charge in [0.2, 0.25) is 0 Å². The summed E-state index contributed by atoms with van der Waals surface area (Å²) in [5.74, 6) is -0.0269. The van der Waals surface area contributed by atoms with Gasteiger partial charge >= 0.3 is 0 Å². The fourth-order valence-electron chi connectivity index (χ4n) is 4.87. The quantitative estimate of drug-likeness (QED) is 0.202. The number of phenols is 3. The molecule has 1 atom stereocenters. The van der Waals surface area contributed by atoms with Gasteiger partial charge in [0, 0.05) is 47.9 Å². The van der Waals surface area contributed by atoms with E-state index < -0.39 is 22.7 Å². The molecule has 3 aromatic carbocycles. The molecule has 0 spiro atoms. The number of aryl methyl sites for hydroxylation is 1. The molecule has 2 aromatic heterocycles. The minimum atomic E-state index is -0.516. The van der Waals surface area contributed by atoms with Gasteiger partial charge in [-0.25, -0.2) is 0 Å². The molecule has 5 aromatic rings. The van der Waals surface area contributed by atoms with Crippen molar-refractivity contribution in [3.63, 3.8) is 0 Å². The van der Waals surface area contributed by atoms with Crippen molar-refractivity contribution in [2.24, 2.45) is 0 Å². The number of methoxy groups -OCH3 is 2. The van der Waals surface area contributed by atoms with Crippen LogP contribution in [-0.4, -0.2) is 40.7 Å². The van der Waals surface area contributed by atoms with E-state index >= 15 is 0 Å². The Morgan fingerprint density at radius 2 is 1.56 bits per heavy atom. The van der Waals surface area contributed by atoms with Gasteiger partial charge in [-0.15, -0.1) is 0 Å². The number of aliphatic hydroxyl groups excluding tert-OH is 1. The summed E-state index contributed by atoms with van der Waals surface area (Å²) in [6.45, 7) is 1.67. The zero-order valence-electron chi connectivity index (χ0n) is 22.6. The number of hydrogen-bond donors (Lipinski definition) is 4. The maximum Gasteiger partial charge on any atom is 0.197 e. The van der Waals surface area contributed by atoms with E-state index in [1.807, 2.05) is 0 Å². The lowest BCUT2D eigenvalue weighted by atomic mass is 9.97. The molecule has 10 heteroatoms. The molecule has 0 amide bonds. The van der Waals surface area contributed by atoms with E-state index in [-0.39, 0.29) is 44.8 Å². The van der Waals surface area contributed by atoms with E-state index in [0.717, 1.165) is 6.07 Å². The van der Waals surface area contributed by atoms with Crippen molar-refractivity contribution in [2.75, 3.05) is 14.2 Å². The van der Waals surface area contributed by atoms with Crippen molar-refractivity contribution in [3.05, 3.63) is 74.7 Å². The van der Waals surface area contributed by atoms with Crippen molar-refractivity contribution in [1.29, 1.82) is 0 Å². The third kappa shape index (κ3) is 5.17. The summed E-state index contributed by atoms with van der Waals surface area (Å²) in [6, 6.07) is 11.2. The van der Waals surface area contributed by atoms with Crippen LogP contribution >= 0.6 is 0 Å². The van der Waals surface area contributed by atoms with Gasteiger partial charge in [-0.3, -0.25) is 9.59 Å². The number of phenolic OH excluding ortho intramolecular Hbond substituents is 3. The summed E-state index contributed by atoms with van der Waals surface area (Å²) in [6.07, 6.45) is 0.878. The zero-order valence-corrected chi connectivity index (χ0v) is 22.6. The summed E-state index contributed by atoms with van der Waals surface area (Å²) in [5, 5.41) is 41.3. The lowest BCUT2D eigenvalue weighted by Crippen LogP contribution is -2.05. The van der Waals surface area contributed by atoms with Crippen LogP contribution in [0.2, 0.25) is 0 Å². The van der Waals surface area contributed by atoms with Crippen LogP contribution in [0.4, 0.5) is 0 Å². The average Bonchev–Trinajstić information content (AvgIpc) is 2.91. The van der Waals surface area contributed by atoms with Gasteiger partial charge in [0.15, 0.2) is 16.4 Å². The van der Waals surface area contributed by atoms with Crippen LogP contribution in [0.3, 0.4) is 0 Å². The first-order chi connectivity index (χ1) is 19.6. The SMILES string of the molecule is COc1cc(O)c2c(=O)cc(-c3ccc(OC)c(-c4c(O)cc(O)c5c(=O)cc(CCCC(C)O)oc45)c3)oc2c1. The molecule has 0 bridgehead atoms. The highest BCUT2D eigenvalue weighted by atomic mass is 16.5. The number of ether oxygens (including phenoxy) is 2. The largest absolute Gasteiger partial charge is 0.507 e. The van der Waals surface area contributed by atoms with Gasteiger partial charge in [-0.2, -0.15) is 0 Å². The highest BCUT2D eigenvalue weighted by molar-refractivity contribution is 6.01. The molecule has 4 N–H and O–H groups in total. The van der Waals surface area contributed by atoms with Crippen molar-refractivity contribution in [2.45, 2.75) is 32.3 Å². The minimum absolute atomic E-state index is 0.00430. The topological polar surface area (TPSA) is 160 Å². The van der Waals surface area contributed by atoms with E-state index in [1.54, 1.807) is 25.1 Å². The van der Waals surface area contributed by atoms with E-state index in [9.17, 15) is 30.0 Å². The predicted octanol–water partition coefficient (Wildman–Crippen LogP) is 5.07. The summed E-state index contributed by atoms with van der Waals surface area (Å²) in [5.41, 5.74) is -0.120. The molecule has 5 rings (SSSR count). The van der Waals surface area contributed by atoms with E-state index in [0.29, 0.717) is 47.6 Å². The fourth-order valence-corrected chi connectivity index (χ4v) is 4.87. The van der Waals surface area contributed by atoms with Crippen molar-refractivity contribution < 1.29 is 38.7 Å². The van der Waals surface area contributed by atoms with Crippen LogP contribution in [-0.2, 0) is 6.42 Å². The third-order valence-corrected chi connectivity index (χ3v) is 6.83. The van der Waals surface area contributed by atoms with Gasteiger partial charge in [0.25, 0.3) is 0 Å². The molecule has 0 aliphatic rings. The first-order valence-electron chi connectivity index (χ1n) is 12.8. The van der Waals surface area contributed by atoms with Gasteiger partial charge in [-0.05, 0) is 38.0 Å². The Kier molecular flexibility index (Phi) is 7.34. The number of aliphatic hydroxyl groups is 1. The molecule has 212 valence electrons. The van der Waals surface area contributed by atoms with Crippen molar-refractivity contribution in [1.82, 2.24) is 0 Å². The monoisotopic (exact) mass is 560 g/mol. The molecule has 2 heterocycles. The molecule has 41 heavy (non-hydrogen) atoms. The van der Waals surface area contributed by atoms with Crippen molar-refractivity contribution in [3.8, 4) is 51.2 Å². The Bertz CT molecular complexity index is 1900. The Morgan fingerprint density at radius 1 is 0.829 bits per heavy atom. The first-order valence-corrected chi connectivity index (χ1v) is 12.8. The normalized spacial score (nSPS) is 12.1. The van der Waals surface area contributed by atoms with Crippen LogP contribution < -0.4 is 20.3 Å². The highest BCUT2D eigenvalue weighted by Crippen LogP contribution is 2.45. The van der Waals surface area contributed by atoms with Gasteiger partial charge in [0.05, 0.1) is 25.9 Å². The molecule has 0 saturated heterocycles. The Labute approximate surface area is 233 Å². The van der Waals surface area contributed by atoms with Crippen LogP contribution in [0, 0.1) is 0 Å². The van der Waals surface area contributed by atoms with E-state index in [4.69, 9.17) is 18.3 Å². The molecular formula is C31H28O10. The standard InChI is InChI=1S/C31H28O10/c1-15(32)5-4-6-17-10-21(34)30-23(36)13-22(35)28(31(30)40-17)19-9-16(7-8-25(19)39-3)26-14-24(37)29-20(33)11-18(38-2)12-27(29)41-26/h7-15,32-33,35-36H,4-6H2,1-3H3. The zero-order chi connectivity index (χ0) is 29.4. The molecule has 0 saturated carbocycles. The number of benzene rings is 3. The third-order valence-electron chi connectivity index (χ3n) is 6.83. The Balaban J connectivity index is 1.73. The van der Waals surface area contributed by atoms with Crippen LogP contribution in [0.1, 0.15) is 25.5 Å². The molecule has 0 aliphatic heterocycles. The minimum Gasteiger partial charge on any atom is -0.507 e.